The highest BCUT2D eigenvalue weighted by atomic mass is 35.5. The number of methoxy groups -OCH3 is 1. The summed E-state index contributed by atoms with van der Waals surface area (Å²) in [5.74, 6) is 0.761. The molecule has 0 aliphatic carbocycles. The van der Waals surface area contributed by atoms with Crippen LogP contribution in [0.1, 0.15) is 6.42 Å². The molecule has 1 aromatic carbocycles. The molecular weight excluding hydrogens is 282 g/mol. The average Bonchev–Trinajstić information content (AvgIpc) is 2.80. The van der Waals surface area contributed by atoms with Crippen LogP contribution in [-0.4, -0.2) is 44.2 Å². The molecule has 19 heavy (non-hydrogen) atoms. The van der Waals surface area contributed by atoms with E-state index in [0.717, 1.165) is 45.6 Å². The van der Waals surface area contributed by atoms with Crippen LogP contribution in [0.5, 0.6) is 5.75 Å². The lowest BCUT2D eigenvalue weighted by Crippen LogP contribution is -2.16. The number of nitrogens with one attached hydrogen (secondary N) is 1. The SMILES string of the molecule is COc1ccc(Cl)c2sc(NCCCN(C)C)nc12. The highest BCUT2D eigenvalue weighted by Gasteiger charge is 2.11. The third kappa shape index (κ3) is 3.49. The summed E-state index contributed by atoms with van der Waals surface area (Å²) < 4.78 is 6.27. The van der Waals surface area contributed by atoms with E-state index in [9.17, 15) is 0 Å². The molecule has 6 heteroatoms. The van der Waals surface area contributed by atoms with Gasteiger partial charge < -0.3 is 15.0 Å². The van der Waals surface area contributed by atoms with E-state index >= 15 is 0 Å². The van der Waals surface area contributed by atoms with Gasteiger partial charge in [0.2, 0.25) is 0 Å². The number of aromatic nitrogens is 1. The maximum Gasteiger partial charge on any atom is 0.183 e. The Bertz CT molecular complexity index is 556. The lowest BCUT2D eigenvalue weighted by Gasteiger charge is -2.08. The van der Waals surface area contributed by atoms with Gasteiger partial charge in [0, 0.05) is 6.54 Å². The van der Waals surface area contributed by atoms with Crippen molar-refractivity contribution in [2.24, 2.45) is 0 Å². The van der Waals surface area contributed by atoms with Gasteiger partial charge in [0.15, 0.2) is 5.13 Å². The van der Waals surface area contributed by atoms with Crippen molar-refractivity contribution in [1.82, 2.24) is 9.88 Å². The fourth-order valence-corrected chi connectivity index (χ4v) is 2.96. The summed E-state index contributed by atoms with van der Waals surface area (Å²) in [5.41, 5.74) is 0.829. The summed E-state index contributed by atoms with van der Waals surface area (Å²) in [6.45, 7) is 1.96. The Kier molecular flexibility index (Phi) is 4.85. The predicted octanol–water partition coefficient (Wildman–Crippen LogP) is 3.32. The molecule has 4 nitrogen and oxygen atoms in total. The fourth-order valence-electron chi connectivity index (χ4n) is 1.78. The maximum atomic E-state index is 6.18. The number of ether oxygens (including phenoxy) is 1. The molecule has 0 saturated heterocycles. The molecule has 0 unspecified atom stereocenters. The zero-order valence-corrected chi connectivity index (χ0v) is 12.9. The summed E-state index contributed by atoms with van der Waals surface area (Å²) in [6.07, 6.45) is 1.08. The third-order valence-electron chi connectivity index (χ3n) is 2.74. The third-order valence-corrected chi connectivity index (χ3v) is 4.21. The second-order valence-electron chi connectivity index (χ2n) is 4.53. The Labute approximate surface area is 122 Å². The molecule has 0 radical (unpaired) electrons. The normalized spacial score (nSPS) is 11.2. The summed E-state index contributed by atoms with van der Waals surface area (Å²) in [4.78, 5) is 6.71. The van der Waals surface area contributed by atoms with Gasteiger partial charge in [0.05, 0.1) is 16.8 Å². The second kappa shape index (κ2) is 6.41. The first-order chi connectivity index (χ1) is 9.11. The lowest BCUT2D eigenvalue weighted by molar-refractivity contribution is 0.405. The van der Waals surface area contributed by atoms with Crippen molar-refractivity contribution in [1.29, 1.82) is 0 Å². The van der Waals surface area contributed by atoms with E-state index in [1.807, 2.05) is 12.1 Å². The minimum Gasteiger partial charge on any atom is -0.494 e. The van der Waals surface area contributed by atoms with Crippen LogP contribution in [0.15, 0.2) is 12.1 Å². The van der Waals surface area contributed by atoms with Crippen LogP contribution in [0, 0.1) is 0 Å². The van der Waals surface area contributed by atoms with Crippen LogP contribution in [0.4, 0.5) is 5.13 Å². The van der Waals surface area contributed by atoms with Gasteiger partial charge >= 0.3 is 0 Å². The summed E-state index contributed by atoms with van der Waals surface area (Å²) in [7, 11) is 5.79. The zero-order chi connectivity index (χ0) is 13.8. The Balaban J connectivity index is 2.10. The molecular formula is C13H18ClN3OS. The number of rotatable bonds is 6. The van der Waals surface area contributed by atoms with Gasteiger partial charge in [0.1, 0.15) is 11.3 Å². The summed E-state index contributed by atoms with van der Waals surface area (Å²) in [6, 6.07) is 3.69. The first kappa shape index (κ1) is 14.4. The highest BCUT2D eigenvalue weighted by molar-refractivity contribution is 7.22. The van der Waals surface area contributed by atoms with Crippen molar-refractivity contribution in [3.8, 4) is 5.75 Å². The van der Waals surface area contributed by atoms with Crippen LogP contribution < -0.4 is 10.1 Å². The number of anilines is 1. The summed E-state index contributed by atoms with van der Waals surface area (Å²) >= 11 is 7.75. The standard InChI is InChI=1S/C13H18ClN3OS/c1-17(2)8-4-7-15-13-16-11-10(18-3)6-5-9(14)12(11)19-13/h5-6H,4,7-8H2,1-3H3,(H,15,16). The minimum absolute atomic E-state index is 0.717. The summed E-state index contributed by atoms with van der Waals surface area (Å²) in [5, 5.41) is 4.94. The van der Waals surface area contributed by atoms with Crippen LogP contribution in [0.2, 0.25) is 5.02 Å². The smallest absolute Gasteiger partial charge is 0.183 e. The molecule has 0 saturated carbocycles. The molecule has 0 atom stereocenters. The molecule has 0 aliphatic rings. The molecule has 1 aromatic heterocycles. The Hall–Kier alpha value is -1.04. The number of benzene rings is 1. The molecule has 2 aromatic rings. The van der Waals surface area contributed by atoms with E-state index in [1.165, 1.54) is 0 Å². The van der Waals surface area contributed by atoms with Gasteiger partial charge in [-0.1, -0.05) is 22.9 Å². The van der Waals surface area contributed by atoms with Crippen molar-refractivity contribution < 1.29 is 4.74 Å². The molecule has 0 bridgehead atoms. The second-order valence-corrected chi connectivity index (χ2v) is 5.94. The van der Waals surface area contributed by atoms with Gasteiger partial charge in [0.25, 0.3) is 0 Å². The van der Waals surface area contributed by atoms with E-state index < -0.39 is 0 Å². The van der Waals surface area contributed by atoms with Crippen molar-refractivity contribution >= 4 is 38.3 Å². The van der Waals surface area contributed by atoms with Gasteiger partial charge in [-0.05, 0) is 39.2 Å². The number of fused-ring (bicyclic) bond motifs is 1. The van der Waals surface area contributed by atoms with Crippen molar-refractivity contribution in [3.63, 3.8) is 0 Å². The Morgan fingerprint density at radius 2 is 2.21 bits per heavy atom. The molecule has 0 amide bonds. The molecule has 0 fully saturated rings. The van der Waals surface area contributed by atoms with Crippen LogP contribution in [0.25, 0.3) is 10.2 Å². The first-order valence-corrected chi connectivity index (χ1v) is 7.33. The maximum absolute atomic E-state index is 6.18. The number of thiazole rings is 1. The van der Waals surface area contributed by atoms with Crippen LogP contribution >= 0.6 is 22.9 Å². The van der Waals surface area contributed by atoms with Crippen molar-refractivity contribution in [2.45, 2.75) is 6.42 Å². The van der Waals surface area contributed by atoms with Crippen molar-refractivity contribution in [3.05, 3.63) is 17.2 Å². The number of nitrogens with zero attached hydrogens (tertiary/aromatic N) is 2. The van der Waals surface area contributed by atoms with Crippen molar-refractivity contribution in [2.75, 3.05) is 39.6 Å². The quantitative estimate of drug-likeness (QED) is 0.830. The van der Waals surface area contributed by atoms with Gasteiger partial charge in [-0.25, -0.2) is 4.98 Å². The van der Waals surface area contributed by atoms with Gasteiger partial charge in [-0.15, -0.1) is 0 Å². The molecule has 0 spiro atoms. The number of hydrogen-bond acceptors (Lipinski definition) is 5. The lowest BCUT2D eigenvalue weighted by atomic mass is 10.3. The van der Waals surface area contributed by atoms with E-state index in [1.54, 1.807) is 18.4 Å². The molecule has 104 valence electrons. The van der Waals surface area contributed by atoms with E-state index in [4.69, 9.17) is 16.3 Å². The topological polar surface area (TPSA) is 37.4 Å². The molecule has 2 rings (SSSR count). The van der Waals surface area contributed by atoms with Crippen LogP contribution in [-0.2, 0) is 0 Å². The Morgan fingerprint density at radius 3 is 2.89 bits per heavy atom. The van der Waals surface area contributed by atoms with E-state index in [-0.39, 0.29) is 0 Å². The van der Waals surface area contributed by atoms with E-state index in [2.05, 4.69) is 29.3 Å². The van der Waals surface area contributed by atoms with Crippen LogP contribution in [0.3, 0.4) is 0 Å². The zero-order valence-electron chi connectivity index (χ0n) is 11.4. The predicted molar refractivity (Wildman–Crippen MR) is 82.8 cm³/mol. The monoisotopic (exact) mass is 299 g/mol. The number of hydrogen-bond donors (Lipinski definition) is 1. The Morgan fingerprint density at radius 1 is 1.42 bits per heavy atom. The van der Waals surface area contributed by atoms with Gasteiger partial charge in [-0.3, -0.25) is 0 Å². The molecule has 1 heterocycles. The number of halogens is 1. The molecule has 1 N–H and O–H groups in total. The molecule has 0 aliphatic heterocycles. The fraction of sp³-hybridized carbons (Fsp3) is 0.462. The van der Waals surface area contributed by atoms with E-state index in [0.29, 0.717) is 0 Å². The first-order valence-electron chi connectivity index (χ1n) is 6.13. The minimum atomic E-state index is 0.717. The largest absolute Gasteiger partial charge is 0.494 e. The highest BCUT2D eigenvalue weighted by Crippen LogP contribution is 2.37. The average molecular weight is 300 g/mol. The van der Waals surface area contributed by atoms with Gasteiger partial charge in [-0.2, -0.15) is 0 Å².